The standard InChI is InChI=1S/C16H30N2O2/c1-12-2-4-13(5-3-12)16(19)18-10-11-20-15-8-6-14(17)7-9-15/h12-15H,2-11,17H2,1H3,(H,18,19). The summed E-state index contributed by atoms with van der Waals surface area (Å²) in [6.07, 6.45) is 9.10. The molecule has 4 nitrogen and oxygen atoms in total. The first kappa shape index (κ1) is 15.8. The molecule has 2 saturated carbocycles. The van der Waals surface area contributed by atoms with Gasteiger partial charge in [0.25, 0.3) is 0 Å². The van der Waals surface area contributed by atoms with Gasteiger partial charge in [0.1, 0.15) is 0 Å². The average molecular weight is 282 g/mol. The van der Waals surface area contributed by atoms with Crippen molar-refractivity contribution in [1.82, 2.24) is 5.32 Å². The number of nitrogens with two attached hydrogens (primary N) is 1. The minimum atomic E-state index is 0.228. The monoisotopic (exact) mass is 282 g/mol. The quantitative estimate of drug-likeness (QED) is 0.760. The Morgan fingerprint density at radius 2 is 1.75 bits per heavy atom. The Bertz CT molecular complexity index is 293. The fraction of sp³-hybridized carbons (Fsp3) is 0.938. The maximum Gasteiger partial charge on any atom is 0.223 e. The zero-order valence-electron chi connectivity index (χ0n) is 12.8. The number of carbonyl (C=O) groups excluding carboxylic acids is 1. The van der Waals surface area contributed by atoms with Crippen molar-refractivity contribution in [3.8, 4) is 0 Å². The molecule has 2 aliphatic rings. The van der Waals surface area contributed by atoms with E-state index in [1.54, 1.807) is 0 Å². The highest BCUT2D eigenvalue weighted by molar-refractivity contribution is 5.78. The van der Waals surface area contributed by atoms with Crippen LogP contribution in [-0.4, -0.2) is 31.2 Å². The van der Waals surface area contributed by atoms with E-state index in [4.69, 9.17) is 10.5 Å². The highest BCUT2D eigenvalue weighted by atomic mass is 16.5. The van der Waals surface area contributed by atoms with E-state index in [2.05, 4.69) is 12.2 Å². The molecule has 0 atom stereocenters. The molecular weight excluding hydrogens is 252 g/mol. The van der Waals surface area contributed by atoms with Gasteiger partial charge in [-0.25, -0.2) is 0 Å². The van der Waals surface area contributed by atoms with Crippen molar-refractivity contribution in [2.75, 3.05) is 13.2 Å². The fourth-order valence-electron chi connectivity index (χ4n) is 3.32. The third-order valence-electron chi connectivity index (χ3n) is 4.86. The van der Waals surface area contributed by atoms with E-state index >= 15 is 0 Å². The Morgan fingerprint density at radius 3 is 2.40 bits per heavy atom. The van der Waals surface area contributed by atoms with Crippen LogP contribution < -0.4 is 11.1 Å². The minimum absolute atomic E-state index is 0.228. The molecule has 0 heterocycles. The highest BCUT2D eigenvalue weighted by Crippen LogP contribution is 2.28. The second kappa shape index (κ2) is 7.99. The van der Waals surface area contributed by atoms with Gasteiger partial charge < -0.3 is 15.8 Å². The van der Waals surface area contributed by atoms with Crippen molar-refractivity contribution < 1.29 is 9.53 Å². The van der Waals surface area contributed by atoms with Gasteiger partial charge in [0, 0.05) is 18.5 Å². The van der Waals surface area contributed by atoms with Crippen LogP contribution in [0.15, 0.2) is 0 Å². The van der Waals surface area contributed by atoms with E-state index in [0.717, 1.165) is 44.4 Å². The van der Waals surface area contributed by atoms with E-state index in [9.17, 15) is 4.79 Å². The molecule has 20 heavy (non-hydrogen) atoms. The van der Waals surface area contributed by atoms with Crippen LogP contribution in [0.1, 0.15) is 58.3 Å². The molecule has 2 aliphatic carbocycles. The van der Waals surface area contributed by atoms with Gasteiger partial charge in [0.05, 0.1) is 12.7 Å². The third-order valence-corrected chi connectivity index (χ3v) is 4.86. The van der Waals surface area contributed by atoms with E-state index in [0.29, 0.717) is 25.3 Å². The van der Waals surface area contributed by atoms with Crippen LogP contribution in [0.4, 0.5) is 0 Å². The van der Waals surface area contributed by atoms with Crippen LogP contribution >= 0.6 is 0 Å². The Kier molecular flexibility index (Phi) is 6.30. The largest absolute Gasteiger partial charge is 0.376 e. The van der Waals surface area contributed by atoms with Gasteiger partial charge in [-0.05, 0) is 57.3 Å². The van der Waals surface area contributed by atoms with E-state index in [-0.39, 0.29) is 11.8 Å². The zero-order chi connectivity index (χ0) is 14.4. The Labute approximate surface area is 122 Å². The number of amides is 1. The number of ether oxygens (including phenoxy) is 1. The fourth-order valence-corrected chi connectivity index (χ4v) is 3.32. The highest BCUT2D eigenvalue weighted by Gasteiger charge is 2.24. The van der Waals surface area contributed by atoms with Gasteiger partial charge in [-0.1, -0.05) is 6.92 Å². The topological polar surface area (TPSA) is 64.3 Å². The van der Waals surface area contributed by atoms with Crippen molar-refractivity contribution in [3.05, 3.63) is 0 Å². The molecule has 0 aromatic carbocycles. The lowest BCUT2D eigenvalue weighted by atomic mass is 9.82. The number of carbonyl (C=O) groups is 1. The van der Waals surface area contributed by atoms with Crippen molar-refractivity contribution in [2.24, 2.45) is 17.6 Å². The summed E-state index contributed by atoms with van der Waals surface area (Å²) in [5.74, 6) is 1.25. The van der Waals surface area contributed by atoms with Crippen LogP contribution in [0.2, 0.25) is 0 Å². The van der Waals surface area contributed by atoms with Crippen molar-refractivity contribution in [1.29, 1.82) is 0 Å². The van der Waals surface area contributed by atoms with Gasteiger partial charge in [0.2, 0.25) is 5.91 Å². The maximum atomic E-state index is 12.0. The van der Waals surface area contributed by atoms with Crippen LogP contribution in [0.5, 0.6) is 0 Å². The minimum Gasteiger partial charge on any atom is -0.376 e. The van der Waals surface area contributed by atoms with E-state index < -0.39 is 0 Å². The van der Waals surface area contributed by atoms with E-state index in [1.165, 1.54) is 12.8 Å². The molecule has 0 aliphatic heterocycles. The summed E-state index contributed by atoms with van der Waals surface area (Å²) < 4.78 is 5.82. The lowest BCUT2D eigenvalue weighted by Crippen LogP contribution is -2.36. The normalized spacial score (nSPS) is 34.7. The van der Waals surface area contributed by atoms with Crippen LogP contribution in [0.3, 0.4) is 0 Å². The van der Waals surface area contributed by atoms with Crippen LogP contribution in [0, 0.1) is 11.8 Å². The van der Waals surface area contributed by atoms with Crippen molar-refractivity contribution >= 4 is 5.91 Å². The smallest absolute Gasteiger partial charge is 0.223 e. The van der Waals surface area contributed by atoms with Gasteiger partial charge in [-0.2, -0.15) is 0 Å². The predicted molar refractivity (Wildman–Crippen MR) is 80.3 cm³/mol. The summed E-state index contributed by atoms with van der Waals surface area (Å²) in [6.45, 7) is 3.56. The zero-order valence-corrected chi connectivity index (χ0v) is 12.8. The number of nitrogens with one attached hydrogen (secondary N) is 1. The lowest BCUT2D eigenvalue weighted by Gasteiger charge is -2.27. The van der Waals surface area contributed by atoms with E-state index in [1.807, 2.05) is 0 Å². The van der Waals surface area contributed by atoms with Gasteiger partial charge in [-0.15, -0.1) is 0 Å². The number of rotatable bonds is 5. The molecule has 0 radical (unpaired) electrons. The first-order valence-corrected chi connectivity index (χ1v) is 8.30. The molecule has 1 amide bonds. The Hall–Kier alpha value is -0.610. The summed E-state index contributed by atoms with van der Waals surface area (Å²) in [4.78, 5) is 12.0. The Balaban J connectivity index is 1.53. The molecule has 3 N–H and O–H groups in total. The molecule has 116 valence electrons. The van der Waals surface area contributed by atoms with Crippen LogP contribution in [-0.2, 0) is 9.53 Å². The van der Waals surface area contributed by atoms with Gasteiger partial charge >= 0.3 is 0 Å². The summed E-state index contributed by atoms with van der Waals surface area (Å²) in [5, 5.41) is 3.03. The first-order valence-electron chi connectivity index (χ1n) is 8.30. The SMILES string of the molecule is CC1CCC(C(=O)NCCOC2CCC(N)CC2)CC1. The predicted octanol–water partition coefficient (Wildman–Crippen LogP) is 2.22. The number of hydrogen-bond acceptors (Lipinski definition) is 3. The first-order chi connectivity index (χ1) is 9.65. The number of hydrogen-bond donors (Lipinski definition) is 2. The molecule has 2 fully saturated rings. The molecule has 0 unspecified atom stereocenters. The molecule has 0 spiro atoms. The Morgan fingerprint density at radius 1 is 1.10 bits per heavy atom. The molecule has 0 aromatic heterocycles. The summed E-state index contributed by atoms with van der Waals surface area (Å²) in [7, 11) is 0. The second-order valence-corrected chi connectivity index (χ2v) is 6.66. The molecule has 0 saturated heterocycles. The molecule has 2 rings (SSSR count). The molecule has 0 aromatic rings. The third kappa shape index (κ3) is 5.06. The maximum absolute atomic E-state index is 12.0. The molecule has 0 bridgehead atoms. The summed E-state index contributed by atoms with van der Waals surface area (Å²) in [6, 6.07) is 0.364. The second-order valence-electron chi connectivity index (χ2n) is 6.66. The van der Waals surface area contributed by atoms with Gasteiger partial charge in [0.15, 0.2) is 0 Å². The molecule has 4 heteroatoms. The van der Waals surface area contributed by atoms with Gasteiger partial charge in [-0.3, -0.25) is 4.79 Å². The average Bonchev–Trinajstić information content (AvgIpc) is 2.46. The molecular formula is C16H30N2O2. The summed E-state index contributed by atoms with van der Waals surface area (Å²) in [5.41, 5.74) is 5.87. The van der Waals surface area contributed by atoms with Crippen LogP contribution in [0.25, 0.3) is 0 Å². The summed E-state index contributed by atoms with van der Waals surface area (Å²) >= 11 is 0. The lowest BCUT2D eigenvalue weighted by molar-refractivity contribution is -0.126. The van der Waals surface area contributed by atoms with Crippen molar-refractivity contribution in [3.63, 3.8) is 0 Å². The van der Waals surface area contributed by atoms with Crippen molar-refractivity contribution in [2.45, 2.75) is 70.4 Å².